The van der Waals surface area contributed by atoms with Crippen LogP contribution < -0.4 is 14.2 Å². The topological polar surface area (TPSA) is 125 Å². The molecule has 3 aromatic carbocycles. The molecule has 2 N–H and O–H groups in total. The number of methoxy groups -OCH3 is 1. The number of phenolic OH excluding ortho intramolecular Hbond substituents is 2. The number of aryl methyl sites for hydroxylation is 1. The average molecular weight is 837 g/mol. The molecule has 0 aromatic heterocycles. The Kier molecular flexibility index (Phi) is 9.04. The molecule has 7 rings (SSSR count). The summed E-state index contributed by atoms with van der Waals surface area (Å²) in [7, 11) is 3.52. The van der Waals surface area contributed by atoms with Crippen molar-refractivity contribution in [3.8, 4) is 34.8 Å². The van der Waals surface area contributed by atoms with Crippen molar-refractivity contribution in [2.75, 3.05) is 27.6 Å². The first-order valence-electron chi connectivity index (χ1n) is 15.1. The third-order valence-corrected chi connectivity index (χ3v) is 9.89. The number of piperazine rings is 1. The van der Waals surface area contributed by atoms with Gasteiger partial charge in [0.1, 0.15) is 18.4 Å². The van der Waals surface area contributed by atoms with E-state index in [1.165, 1.54) is 6.08 Å². The molecule has 10 nitrogen and oxygen atoms in total. The monoisotopic (exact) mass is 836 g/mol. The average Bonchev–Trinajstić information content (AvgIpc) is 3.53. The molecule has 3 aromatic rings. The number of hydrogen-bond acceptors (Lipinski definition) is 10. The van der Waals surface area contributed by atoms with Crippen molar-refractivity contribution in [2.45, 2.75) is 56.9 Å². The summed E-state index contributed by atoms with van der Waals surface area (Å²) in [6.45, 7) is 3.60. The van der Waals surface area contributed by atoms with E-state index in [4.69, 9.17) is 18.9 Å². The molecule has 1 unspecified atom stereocenters. The van der Waals surface area contributed by atoms with E-state index < -0.39 is 18.1 Å². The number of nitrogens with zero attached hydrogens (tertiary/aromatic N) is 3. The molecule has 4 aliphatic rings. The van der Waals surface area contributed by atoms with Crippen LogP contribution in [0.5, 0.6) is 28.7 Å². The van der Waals surface area contributed by atoms with Crippen LogP contribution in [-0.4, -0.2) is 71.7 Å². The number of nitriles is 1. The Morgan fingerprint density at radius 2 is 1.83 bits per heavy atom. The van der Waals surface area contributed by atoms with E-state index in [0.717, 1.165) is 22.3 Å². The minimum Gasteiger partial charge on any atom is -0.507 e. The Labute approximate surface area is 303 Å². The third kappa shape index (κ3) is 5.06. The molecule has 0 amide bonds. The van der Waals surface area contributed by atoms with Gasteiger partial charge in [-0.25, -0.2) is 4.79 Å². The molecule has 0 spiro atoms. The zero-order chi connectivity index (χ0) is 31.6. The number of ether oxygens (including phenoxy) is 4. The predicted octanol–water partition coefficient (Wildman–Crippen LogP) is 4.48. The van der Waals surface area contributed by atoms with Gasteiger partial charge in [-0.1, -0.05) is 36.4 Å². The predicted molar refractivity (Wildman–Crippen MR) is 164 cm³/mol. The number of aromatic hydroxyl groups is 2. The largest absolute Gasteiger partial charge is 0.507 e. The summed E-state index contributed by atoms with van der Waals surface area (Å²) in [5.74, 6) is 1.03. The maximum absolute atomic E-state index is 13.0. The van der Waals surface area contributed by atoms with Crippen LogP contribution in [0.2, 0.25) is 0 Å². The van der Waals surface area contributed by atoms with Gasteiger partial charge in [0.25, 0.3) is 0 Å². The fraction of sp³-hybridized carbons (Fsp3) is 0.371. The summed E-state index contributed by atoms with van der Waals surface area (Å²) < 4.78 is 23.3. The molecule has 46 heavy (non-hydrogen) atoms. The van der Waals surface area contributed by atoms with E-state index in [9.17, 15) is 20.3 Å². The fourth-order valence-electron chi connectivity index (χ4n) is 7.94. The van der Waals surface area contributed by atoms with Gasteiger partial charge in [-0.15, -0.1) is 0 Å². The molecule has 0 aliphatic carbocycles. The van der Waals surface area contributed by atoms with Crippen molar-refractivity contribution in [1.29, 1.82) is 5.26 Å². The number of fused-ring (bicyclic) bond motifs is 9. The number of carbonyl (C=O) groups is 1. The summed E-state index contributed by atoms with van der Waals surface area (Å²) in [6.07, 6.45) is 3.98. The second-order valence-electron chi connectivity index (χ2n) is 12.1. The maximum Gasteiger partial charge on any atom is 0.330 e. The van der Waals surface area contributed by atoms with Gasteiger partial charge in [0, 0.05) is 84.5 Å². The number of rotatable bonds is 5. The number of carbonyl (C=O) groups excluding carboxylic acids is 1. The maximum atomic E-state index is 13.0. The van der Waals surface area contributed by atoms with E-state index in [1.54, 1.807) is 20.1 Å². The Balaban J connectivity index is 0.00000372. The van der Waals surface area contributed by atoms with Crippen LogP contribution in [0, 0.1) is 69.2 Å². The van der Waals surface area contributed by atoms with Crippen molar-refractivity contribution in [3.63, 3.8) is 0 Å². The molecule has 1 radical (unpaired) electrons. The second kappa shape index (κ2) is 12.7. The van der Waals surface area contributed by atoms with Crippen LogP contribution in [0.4, 0.5) is 0 Å². The van der Waals surface area contributed by atoms with Crippen molar-refractivity contribution in [3.05, 3.63) is 81.4 Å². The fourth-order valence-corrected chi connectivity index (χ4v) is 7.94. The zero-order valence-electron chi connectivity index (χ0n) is 26.2. The molecule has 4 aliphatic heterocycles. The van der Waals surface area contributed by atoms with Crippen LogP contribution in [0.1, 0.15) is 51.0 Å². The molecule has 11 heteroatoms. The minimum atomic E-state index is -0.630. The molecular weight excluding hydrogens is 801 g/mol. The van der Waals surface area contributed by atoms with Crippen LogP contribution in [0.3, 0.4) is 0 Å². The van der Waals surface area contributed by atoms with Gasteiger partial charge in [-0.05, 0) is 56.5 Å². The molecular formula is C35H35AcN3O7. The van der Waals surface area contributed by atoms with Gasteiger partial charge in [-0.2, -0.15) is 5.26 Å². The Morgan fingerprint density at radius 1 is 1.09 bits per heavy atom. The Bertz CT molecular complexity index is 1770. The van der Waals surface area contributed by atoms with Crippen molar-refractivity contribution < 1.29 is 78.0 Å². The minimum absolute atomic E-state index is 0. The Morgan fingerprint density at radius 3 is 2.54 bits per heavy atom. The standard InChI is InChI=1S/C35H35N3O7.Ac/c1-18-12-21-13-23-25(15-36)38-24(30(37(23)3)28(21)32(41)33(18)42-4)14-22-29(35-34(44-17-45-35)19(2)31(22)40)26(38)16-43-27(39)11-10-20-8-6-5-7-9-20;/h5-12,23-26,30,40-41H,13-14,16-17H2,1-4H3;/b11-10+;/t23-,24?,25-,26-,30-;/m0./s1. The third-order valence-electron chi connectivity index (χ3n) is 9.89. The number of esters is 1. The first-order chi connectivity index (χ1) is 21.7. The van der Waals surface area contributed by atoms with Crippen LogP contribution in [-0.2, 0) is 22.4 Å². The van der Waals surface area contributed by atoms with E-state index in [-0.39, 0.29) is 87.1 Å². The van der Waals surface area contributed by atoms with E-state index in [2.05, 4.69) is 15.9 Å². The molecule has 1 fully saturated rings. The first-order valence-corrected chi connectivity index (χ1v) is 15.1. The normalized spacial score (nSPS) is 24.3. The van der Waals surface area contributed by atoms with Gasteiger partial charge < -0.3 is 29.2 Å². The molecule has 1 saturated heterocycles. The number of likely N-dealkylation sites (N-methyl/N-ethyl adjacent to an activating group) is 1. The van der Waals surface area contributed by atoms with E-state index >= 15 is 0 Å². The first kappa shape index (κ1) is 32.7. The van der Waals surface area contributed by atoms with Gasteiger partial charge in [0.2, 0.25) is 6.79 Å². The van der Waals surface area contributed by atoms with Crippen molar-refractivity contribution >= 4 is 12.0 Å². The number of phenols is 2. The van der Waals surface area contributed by atoms with Crippen LogP contribution in [0.15, 0.2) is 42.5 Å². The molecule has 0 saturated carbocycles. The second-order valence-corrected chi connectivity index (χ2v) is 12.1. The van der Waals surface area contributed by atoms with Gasteiger partial charge in [-0.3, -0.25) is 9.80 Å². The molecule has 235 valence electrons. The van der Waals surface area contributed by atoms with Crippen molar-refractivity contribution in [1.82, 2.24) is 9.80 Å². The summed E-state index contributed by atoms with van der Waals surface area (Å²) in [4.78, 5) is 17.3. The molecule has 2 bridgehead atoms. The summed E-state index contributed by atoms with van der Waals surface area (Å²) in [5, 5.41) is 33.9. The summed E-state index contributed by atoms with van der Waals surface area (Å²) >= 11 is 0. The molecule has 5 atom stereocenters. The van der Waals surface area contributed by atoms with Gasteiger partial charge in [0.15, 0.2) is 23.0 Å². The van der Waals surface area contributed by atoms with Crippen LogP contribution in [0.25, 0.3) is 6.08 Å². The quantitative estimate of drug-likeness (QED) is 0.281. The number of hydrogen-bond donors (Lipinski definition) is 2. The van der Waals surface area contributed by atoms with Crippen LogP contribution >= 0.6 is 0 Å². The smallest absolute Gasteiger partial charge is 0.330 e. The summed E-state index contributed by atoms with van der Waals surface area (Å²) in [5.41, 5.74) is 5.31. The van der Waals surface area contributed by atoms with Gasteiger partial charge >= 0.3 is 5.97 Å². The van der Waals surface area contributed by atoms with Crippen molar-refractivity contribution in [2.24, 2.45) is 0 Å². The van der Waals surface area contributed by atoms with E-state index in [1.807, 2.05) is 50.4 Å². The molecule has 4 heterocycles. The van der Waals surface area contributed by atoms with E-state index in [0.29, 0.717) is 46.8 Å². The Hall–Kier alpha value is -3.28. The van der Waals surface area contributed by atoms with Gasteiger partial charge in [0.05, 0.1) is 25.3 Å². The zero-order valence-corrected chi connectivity index (χ0v) is 30.9. The number of benzene rings is 3. The SMILES string of the molecule is COc1c(C)cc2c(c1O)[C@@H]1C3Cc4c(O)c(C)c5c(c4[C@H](COC(=O)/C=C/c4ccccc4)N3[C@@H](C#N)[C@H](C2)N1C)OCO5.[Ac]. The summed E-state index contributed by atoms with van der Waals surface area (Å²) in [6, 6.07) is 11.9.